The fourth-order valence-corrected chi connectivity index (χ4v) is 7.17. The van der Waals surface area contributed by atoms with Gasteiger partial charge in [0.2, 0.25) is 0 Å². The highest BCUT2D eigenvalue weighted by Gasteiger charge is 2.34. The van der Waals surface area contributed by atoms with Crippen LogP contribution in [0.15, 0.2) is 24.3 Å². The molecule has 0 heteroatoms. The Morgan fingerprint density at radius 1 is 0.500 bits per heavy atom. The average molecular weight is 397 g/mol. The summed E-state index contributed by atoms with van der Waals surface area (Å²) in [6.45, 7) is 5.06. The highest BCUT2D eigenvalue weighted by molar-refractivity contribution is 5.97. The second-order valence-electron chi connectivity index (χ2n) is 10.6. The molecule has 0 unspecified atom stereocenters. The second kappa shape index (κ2) is 7.40. The van der Waals surface area contributed by atoms with Gasteiger partial charge >= 0.3 is 0 Å². The van der Waals surface area contributed by atoms with E-state index in [1.54, 1.807) is 55.7 Å². The van der Waals surface area contributed by atoms with Crippen molar-refractivity contribution in [1.29, 1.82) is 0 Å². The van der Waals surface area contributed by atoms with Crippen molar-refractivity contribution >= 4 is 11.1 Å². The van der Waals surface area contributed by atoms with Gasteiger partial charge in [0.25, 0.3) is 0 Å². The molecule has 0 saturated heterocycles. The predicted molar refractivity (Wildman–Crippen MR) is 128 cm³/mol. The topological polar surface area (TPSA) is 0 Å². The lowest BCUT2D eigenvalue weighted by Gasteiger charge is -2.38. The number of rotatable bonds is 0. The van der Waals surface area contributed by atoms with Crippen molar-refractivity contribution in [3.63, 3.8) is 0 Å². The average Bonchev–Trinajstić information content (AvgIpc) is 2.79. The van der Waals surface area contributed by atoms with Crippen molar-refractivity contribution in [2.75, 3.05) is 0 Å². The van der Waals surface area contributed by atoms with Crippen LogP contribution >= 0.6 is 0 Å². The maximum atomic E-state index is 2.53. The lowest BCUT2D eigenvalue weighted by atomic mass is 9.66. The van der Waals surface area contributed by atoms with Crippen molar-refractivity contribution in [2.45, 2.75) is 90.9 Å². The molecule has 30 heavy (non-hydrogen) atoms. The van der Waals surface area contributed by atoms with E-state index >= 15 is 0 Å². The van der Waals surface area contributed by atoms with Crippen LogP contribution in [-0.2, 0) is 38.5 Å². The fraction of sp³-hybridized carbons (Fsp3) is 0.533. The van der Waals surface area contributed by atoms with Gasteiger partial charge in [-0.25, -0.2) is 0 Å². The molecule has 0 saturated carbocycles. The first-order valence-electron chi connectivity index (χ1n) is 12.7. The number of benzene rings is 2. The van der Waals surface area contributed by atoms with Crippen molar-refractivity contribution < 1.29 is 0 Å². The third-order valence-corrected chi connectivity index (χ3v) is 8.75. The first-order valence-corrected chi connectivity index (χ1v) is 12.7. The van der Waals surface area contributed by atoms with Crippen LogP contribution in [0.4, 0.5) is 0 Å². The summed E-state index contributed by atoms with van der Waals surface area (Å²) in [5, 5.41) is 0. The van der Waals surface area contributed by atoms with E-state index in [1.807, 2.05) is 0 Å². The largest absolute Gasteiger partial charge is 0.0585 e. The summed E-state index contributed by atoms with van der Waals surface area (Å²) >= 11 is 0. The zero-order chi connectivity index (χ0) is 20.2. The molecule has 0 fully saturated rings. The molecule has 0 N–H and O–H groups in total. The molecule has 156 valence electrons. The van der Waals surface area contributed by atoms with Gasteiger partial charge in [-0.05, 0) is 145 Å². The van der Waals surface area contributed by atoms with Gasteiger partial charge in [0.15, 0.2) is 0 Å². The first-order chi connectivity index (χ1) is 14.7. The molecule has 0 radical (unpaired) electrons. The number of hydrogen-bond acceptors (Lipinski definition) is 0. The van der Waals surface area contributed by atoms with Crippen LogP contribution in [0.1, 0.15) is 96.9 Å². The van der Waals surface area contributed by atoms with Gasteiger partial charge in [0.1, 0.15) is 0 Å². The zero-order valence-corrected chi connectivity index (χ0v) is 18.9. The lowest BCUT2D eigenvalue weighted by Crippen LogP contribution is -2.22. The molecule has 0 bridgehead atoms. The van der Waals surface area contributed by atoms with Crippen molar-refractivity contribution in [2.24, 2.45) is 11.8 Å². The Labute approximate surface area is 182 Å². The Hall–Kier alpha value is -1.82. The van der Waals surface area contributed by atoms with Crippen LogP contribution in [0.3, 0.4) is 0 Å². The van der Waals surface area contributed by atoms with E-state index in [2.05, 4.69) is 38.1 Å². The SMILES string of the molecule is C[C@@H]1CCc2ccc3c(c2/C1=C1/c2c(ccc4c2CCCC4)CC[C@H]1C)CCCC3. The van der Waals surface area contributed by atoms with Gasteiger partial charge in [-0.2, -0.15) is 0 Å². The quantitative estimate of drug-likeness (QED) is 0.432. The summed E-state index contributed by atoms with van der Waals surface area (Å²) in [5.74, 6) is 1.38. The second-order valence-corrected chi connectivity index (χ2v) is 10.6. The summed E-state index contributed by atoms with van der Waals surface area (Å²) in [6.07, 6.45) is 15.9. The molecular formula is C30H36. The molecule has 2 aromatic rings. The first kappa shape index (κ1) is 18.9. The number of hydrogen-bond donors (Lipinski definition) is 0. The van der Waals surface area contributed by atoms with Gasteiger partial charge in [-0.1, -0.05) is 38.1 Å². The van der Waals surface area contributed by atoms with Crippen LogP contribution in [0.25, 0.3) is 11.1 Å². The third kappa shape index (κ3) is 2.86. The van der Waals surface area contributed by atoms with Crippen molar-refractivity contribution in [3.05, 3.63) is 68.8 Å². The standard InChI is InChI=1S/C30H36/c1-19-11-13-23-17-15-21-7-3-5-9-25(21)29(23)27(19)28-20(2)12-14-24-18-16-22-8-4-6-10-26(22)30(24)28/h15-20H,3-14H2,1-2H3/b28-27+/t19-,20-/m1/s1. The van der Waals surface area contributed by atoms with Crippen molar-refractivity contribution in [1.82, 2.24) is 0 Å². The van der Waals surface area contributed by atoms with Gasteiger partial charge in [0.05, 0.1) is 0 Å². The molecule has 2 aromatic carbocycles. The van der Waals surface area contributed by atoms with Crippen LogP contribution < -0.4 is 0 Å². The molecule has 0 amide bonds. The molecular weight excluding hydrogens is 360 g/mol. The minimum absolute atomic E-state index is 0.689. The van der Waals surface area contributed by atoms with Crippen LogP contribution in [0.5, 0.6) is 0 Å². The molecule has 0 spiro atoms. The number of fused-ring (bicyclic) bond motifs is 6. The summed E-state index contributed by atoms with van der Waals surface area (Å²) in [4.78, 5) is 0. The van der Waals surface area contributed by atoms with Crippen LogP contribution in [0, 0.1) is 11.8 Å². The number of allylic oxidation sites excluding steroid dienone is 2. The Balaban J connectivity index is 1.67. The van der Waals surface area contributed by atoms with E-state index in [0.29, 0.717) is 11.8 Å². The minimum atomic E-state index is 0.689. The number of aryl methyl sites for hydroxylation is 4. The van der Waals surface area contributed by atoms with Gasteiger partial charge < -0.3 is 0 Å². The van der Waals surface area contributed by atoms with Gasteiger partial charge in [0, 0.05) is 0 Å². The fourth-order valence-electron chi connectivity index (χ4n) is 7.17. The lowest BCUT2D eigenvalue weighted by molar-refractivity contribution is 0.604. The van der Waals surface area contributed by atoms with E-state index < -0.39 is 0 Å². The van der Waals surface area contributed by atoms with Gasteiger partial charge in [-0.15, -0.1) is 0 Å². The molecule has 0 aliphatic heterocycles. The van der Waals surface area contributed by atoms with E-state index in [-0.39, 0.29) is 0 Å². The molecule has 4 aliphatic rings. The summed E-state index contributed by atoms with van der Waals surface area (Å²) in [6, 6.07) is 9.96. The summed E-state index contributed by atoms with van der Waals surface area (Å²) in [7, 11) is 0. The normalized spacial score (nSPS) is 27.7. The molecule has 0 nitrogen and oxygen atoms in total. The predicted octanol–water partition coefficient (Wildman–Crippen LogP) is 7.52. The molecule has 4 aliphatic carbocycles. The molecule has 6 rings (SSSR count). The van der Waals surface area contributed by atoms with E-state index in [9.17, 15) is 0 Å². The Kier molecular flexibility index (Phi) is 4.66. The van der Waals surface area contributed by atoms with Crippen LogP contribution in [0.2, 0.25) is 0 Å². The van der Waals surface area contributed by atoms with Crippen molar-refractivity contribution in [3.8, 4) is 0 Å². The minimum Gasteiger partial charge on any atom is -0.0585 e. The monoisotopic (exact) mass is 396 g/mol. The van der Waals surface area contributed by atoms with E-state index in [0.717, 1.165) is 0 Å². The molecule has 0 aromatic heterocycles. The maximum absolute atomic E-state index is 2.53. The Morgan fingerprint density at radius 2 is 0.900 bits per heavy atom. The van der Waals surface area contributed by atoms with E-state index in [4.69, 9.17) is 0 Å². The summed E-state index contributed by atoms with van der Waals surface area (Å²) < 4.78 is 0. The molecule has 2 atom stereocenters. The highest BCUT2D eigenvalue weighted by Crippen LogP contribution is 2.50. The Bertz CT molecular complexity index is 951. The van der Waals surface area contributed by atoms with E-state index in [1.165, 1.54) is 77.0 Å². The van der Waals surface area contributed by atoms with Crippen LogP contribution in [-0.4, -0.2) is 0 Å². The third-order valence-electron chi connectivity index (χ3n) is 8.75. The maximum Gasteiger partial charge on any atom is -0.0152 e. The zero-order valence-electron chi connectivity index (χ0n) is 18.9. The highest BCUT2D eigenvalue weighted by atomic mass is 14.4. The summed E-state index contributed by atoms with van der Waals surface area (Å²) in [5.41, 5.74) is 17.1. The Morgan fingerprint density at radius 3 is 1.37 bits per heavy atom. The molecule has 0 heterocycles. The smallest absolute Gasteiger partial charge is 0.0152 e. The van der Waals surface area contributed by atoms with Gasteiger partial charge in [-0.3, -0.25) is 0 Å².